The van der Waals surface area contributed by atoms with E-state index in [1.807, 2.05) is 19.9 Å². The maximum atomic E-state index is 9.88. The van der Waals surface area contributed by atoms with Crippen LogP contribution in [0, 0.1) is 5.92 Å². The Kier molecular flexibility index (Phi) is 3.88. The van der Waals surface area contributed by atoms with Crippen LogP contribution in [0.25, 0.3) is 6.08 Å². The van der Waals surface area contributed by atoms with Crippen LogP contribution in [0.5, 0.6) is 0 Å². The molecule has 1 aromatic rings. The van der Waals surface area contributed by atoms with Gasteiger partial charge in [0.05, 0.1) is 5.60 Å². The molecule has 0 radical (unpaired) electrons. The van der Waals surface area contributed by atoms with Gasteiger partial charge in [0.1, 0.15) is 0 Å². The average molecular weight is 245 g/mol. The highest BCUT2D eigenvalue weighted by Crippen LogP contribution is 2.27. The summed E-state index contributed by atoms with van der Waals surface area (Å²) in [6.07, 6.45) is 2.23. The maximum absolute atomic E-state index is 9.88. The Morgan fingerprint density at radius 2 is 1.94 bits per heavy atom. The molecule has 0 unspecified atom stereocenters. The average Bonchev–Trinajstić information content (AvgIpc) is 2.22. The van der Waals surface area contributed by atoms with Crippen molar-refractivity contribution in [2.24, 2.45) is 5.92 Å². The van der Waals surface area contributed by atoms with Crippen LogP contribution in [0.1, 0.15) is 26.3 Å². The lowest BCUT2D eigenvalue weighted by molar-refractivity contribution is -0.0584. The second-order valence-electron chi connectivity index (χ2n) is 5.95. The van der Waals surface area contributed by atoms with Crippen LogP contribution in [0.3, 0.4) is 0 Å². The van der Waals surface area contributed by atoms with E-state index in [1.165, 1.54) is 11.1 Å². The van der Waals surface area contributed by atoms with Crippen LogP contribution in [-0.4, -0.2) is 35.2 Å². The maximum Gasteiger partial charge on any atom is 0.0644 e. The molecule has 2 rings (SSSR count). The molecule has 1 saturated heterocycles. The van der Waals surface area contributed by atoms with Crippen LogP contribution in [-0.2, 0) is 0 Å². The van der Waals surface area contributed by atoms with Crippen molar-refractivity contribution in [3.63, 3.8) is 0 Å². The zero-order valence-corrected chi connectivity index (χ0v) is 11.6. The number of rotatable bonds is 4. The SMILES string of the molecule is C/C(=C\c1ccccc1)CN1CC(C(C)(C)O)C1. The van der Waals surface area contributed by atoms with Gasteiger partial charge in [-0.2, -0.15) is 0 Å². The Bertz CT molecular complexity index is 410. The monoisotopic (exact) mass is 245 g/mol. The Labute approximate surface area is 110 Å². The third-order valence-corrected chi connectivity index (χ3v) is 3.64. The Hall–Kier alpha value is -1.12. The van der Waals surface area contributed by atoms with Gasteiger partial charge in [0.25, 0.3) is 0 Å². The smallest absolute Gasteiger partial charge is 0.0644 e. The molecular formula is C16H23NO. The molecule has 98 valence electrons. The zero-order valence-electron chi connectivity index (χ0n) is 11.6. The minimum Gasteiger partial charge on any atom is -0.390 e. The van der Waals surface area contributed by atoms with Crippen LogP contribution >= 0.6 is 0 Å². The summed E-state index contributed by atoms with van der Waals surface area (Å²) in [4.78, 5) is 2.39. The molecule has 0 aromatic heterocycles. The molecule has 1 N–H and O–H groups in total. The highest BCUT2D eigenvalue weighted by atomic mass is 16.3. The topological polar surface area (TPSA) is 23.5 Å². The van der Waals surface area contributed by atoms with E-state index in [9.17, 15) is 5.11 Å². The van der Waals surface area contributed by atoms with Crippen LogP contribution < -0.4 is 0 Å². The first-order valence-electron chi connectivity index (χ1n) is 6.62. The summed E-state index contributed by atoms with van der Waals surface area (Å²) in [5.74, 6) is 0.419. The molecule has 1 aromatic carbocycles. The summed E-state index contributed by atoms with van der Waals surface area (Å²) in [5, 5.41) is 9.88. The van der Waals surface area contributed by atoms with Gasteiger partial charge < -0.3 is 5.11 Å². The lowest BCUT2D eigenvalue weighted by Gasteiger charge is -2.45. The number of hydrogen-bond donors (Lipinski definition) is 1. The largest absolute Gasteiger partial charge is 0.390 e. The first kappa shape index (κ1) is 13.3. The van der Waals surface area contributed by atoms with Gasteiger partial charge in [0, 0.05) is 25.6 Å². The molecule has 2 heteroatoms. The van der Waals surface area contributed by atoms with Gasteiger partial charge in [0.2, 0.25) is 0 Å². The van der Waals surface area contributed by atoms with E-state index in [4.69, 9.17) is 0 Å². The minimum absolute atomic E-state index is 0.419. The van der Waals surface area contributed by atoms with Crippen LogP contribution in [0.4, 0.5) is 0 Å². The molecule has 1 fully saturated rings. The predicted octanol–water partition coefficient (Wildman–Crippen LogP) is 2.79. The molecule has 0 bridgehead atoms. The van der Waals surface area contributed by atoms with Gasteiger partial charge in [-0.05, 0) is 26.3 Å². The summed E-state index contributed by atoms with van der Waals surface area (Å²) in [6, 6.07) is 10.4. The van der Waals surface area contributed by atoms with Crippen molar-refractivity contribution in [2.75, 3.05) is 19.6 Å². The summed E-state index contributed by atoms with van der Waals surface area (Å²) in [6.45, 7) is 8.99. The Morgan fingerprint density at radius 1 is 1.33 bits per heavy atom. The normalized spacial score (nSPS) is 18.8. The molecule has 1 heterocycles. The quantitative estimate of drug-likeness (QED) is 0.881. The lowest BCUT2D eigenvalue weighted by Crippen LogP contribution is -2.55. The van der Waals surface area contributed by atoms with Gasteiger partial charge in [-0.15, -0.1) is 0 Å². The molecule has 1 aliphatic rings. The fourth-order valence-corrected chi connectivity index (χ4v) is 2.38. The summed E-state index contributed by atoms with van der Waals surface area (Å²) < 4.78 is 0. The molecule has 1 aliphatic heterocycles. The number of hydrogen-bond acceptors (Lipinski definition) is 2. The fraction of sp³-hybridized carbons (Fsp3) is 0.500. The minimum atomic E-state index is -0.534. The van der Waals surface area contributed by atoms with Crippen molar-refractivity contribution in [3.05, 3.63) is 41.5 Å². The molecule has 2 nitrogen and oxygen atoms in total. The van der Waals surface area contributed by atoms with Crippen molar-refractivity contribution in [3.8, 4) is 0 Å². The van der Waals surface area contributed by atoms with E-state index in [0.717, 1.165) is 19.6 Å². The molecule has 0 spiro atoms. The Morgan fingerprint density at radius 3 is 2.50 bits per heavy atom. The van der Waals surface area contributed by atoms with Crippen molar-refractivity contribution >= 4 is 6.08 Å². The van der Waals surface area contributed by atoms with E-state index in [1.54, 1.807) is 0 Å². The number of likely N-dealkylation sites (tertiary alicyclic amines) is 1. The summed E-state index contributed by atoms with van der Waals surface area (Å²) >= 11 is 0. The van der Waals surface area contributed by atoms with Crippen LogP contribution in [0.2, 0.25) is 0 Å². The van der Waals surface area contributed by atoms with Gasteiger partial charge in [0.15, 0.2) is 0 Å². The van der Waals surface area contributed by atoms with Gasteiger partial charge in [-0.25, -0.2) is 0 Å². The predicted molar refractivity (Wildman–Crippen MR) is 76.3 cm³/mol. The molecule has 0 aliphatic carbocycles. The highest BCUT2D eigenvalue weighted by molar-refractivity contribution is 5.52. The van der Waals surface area contributed by atoms with E-state index in [2.05, 4.69) is 42.2 Å². The third kappa shape index (κ3) is 3.44. The molecular weight excluding hydrogens is 222 g/mol. The third-order valence-electron chi connectivity index (χ3n) is 3.64. The van der Waals surface area contributed by atoms with E-state index in [0.29, 0.717) is 5.92 Å². The van der Waals surface area contributed by atoms with Gasteiger partial charge in [-0.1, -0.05) is 42.0 Å². The van der Waals surface area contributed by atoms with Crippen molar-refractivity contribution in [1.82, 2.24) is 4.90 Å². The second kappa shape index (κ2) is 5.25. The molecule has 0 saturated carbocycles. The number of benzene rings is 1. The zero-order chi connectivity index (χ0) is 13.2. The van der Waals surface area contributed by atoms with Crippen molar-refractivity contribution in [1.29, 1.82) is 0 Å². The Balaban J connectivity index is 1.84. The van der Waals surface area contributed by atoms with E-state index in [-0.39, 0.29) is 0 Å². The molecule has 18 heavy (non-hydrogen) atoms. The first-order chi connectivity index (χ1) is 8.45. The number of aliphatic hydroxyl groups is 1. The standard InChI is InChI=1S/C16H23NO/c1-13(9-14-7-5-4-6-8-14)10-17-11-15(12-17)16(2,3)18/h4-9,15,18H,10-12H2,1-3H3/b13-9+. The van der Waals surface area contributed by atoms with Gasteiger partial charge >= 0.3 is 0 Å². The number of nitrogens with zero attached hydrogens (tertiary/aromatic N) is 1. The van der Waals surface area contributed by atoms with Gasteiger partial charge in [-0.3, -0.25) is 4.90 Å². The summed E-state index contributed by atoms with van der Waals surface area (Å²) in [7, 11) is 0. The lowest BCUT2D eigenvalue weighted by atomic mass is 9.84. The molecule has 0 amide bonds. The molecule has 0 atom stereocenters. The first-order valence-corrected chi connectivity index (χ1v) is 6.62. The van der Waals surface area contributed by atoms with E-state index >= 15 is 0 Å². The summed E-state index contributed by atoms with van der Waals surface area (Å²) in [5.41, 5.74) is 2.10. The van der Waals surface area contributed by atoms with Crippen molar-refractivity contribution < 1.29 is 5.11 Å². The second-order valence-corrected chi connectivity index (χ2v) is 5.95. The highest BCUT2D eigenvalue weighted by Gasteiger charge is 2.36. The fourth-order valence-electron chi connectivity index (χ4n) is 2.38. The van der Waals surface area contributed by atoms with Crippen LogP contribution in [0.15, 0.2) is 35.9 Å². The van der Waals surface area contributed by atoms with Crippen molar-refractivity contribution in [2.45, 2.75) is 26.4 Å². The van der Waals surface area contributed by atoms with E-state index < -0.39 is 5.60 Å².